The molecule has 0 aromatic heterocycles. The first-order valence-electron chi connectivity index (χ1n) is 5.93. The Balaban J connectivity index is 2.10. The maximum Gasteiger partial charge on any atom is 0.320 e. The summed E-state index contributed by atoms with van der Waals surface area (Å²) >= 11 is 9.52. The highest BCUT2D eigenvalue weighted by atomic mass is 79.9. The van der Waals surface area contributed by atoms with Crippen molar-refractivity contribution < 1.29 is 9.90 Å². The second-order valence-electron chi connectivity index (χ2n) is 4.71. The average Bonchev–Trinajstić information content (AvgIpc) is 3.08. The quantitative estimate of drug-likeness (QED) is 0.866. The Morgan fingerprint density at radius 2 is 2.22 bits per heavy atom. The number of hydrogen-bond acceptors (Lipinski definition) is 2. The molecule has 0 spiro atoms. The van der Waals surface area contributed by atoms with Crippen molar-refractivity contribution in [2.75, 3.05) is 0 Å². The summed E-state index contributed by atoms with van der Waals surface area (Å²) in [5.74, 6) is -0.517. The van der Waals surface area contributed by atoms with Crippen LogP contribution in [0, 0.1) is 5.92 Å². The van der Waals surface area contributed by atoms with Gasteiger partial charge in [0.05, 0.1) is 0 Å². The van der Waals surface area contributed by atoms with E-state index >= 15 is 0 Å². The van der Waals surface area contributed by atoms with Crippen LogP contribution >= 0.6 is 27.5 Å². The Labute approximate surface area is 120 Å². The third-order valence-electron chi connectivity index (χ3n) is 3.22. The lowest BCUT2D eigenvalue weighted by molar-refractivity contribution is -0.140. The first-order chi connectivity index (χ1) is 8.49. The Hall–Kier alpha value is -0.580. The number of benzene rings is 1. The normalized spacial score (nSPS) is 18.4. The van der Waals surface area contributed by atoms with Crippen molar-refractivity contribution in [1.82, 2.24) is 5.32 Å². The second-order valence-corrected chi connectivity index (χ2v) is 6.03. The topological polar surface area (TPSA) is 49.3 Å². The van der Waals surface area contributed by atoms with Gasteiger partial charge in [-0.3, -0.25) is 10.1 Å². The molecular formula is C13H15BrClNO2. The monoisotopic (exact) mass is 331 g/mol. The van der Waals surface area contributed by atoms with E-state index in [0.29, 0.717) is 5.02 Å². The number of carboxylic acid groups (broad SMARTS) is 1. The molecule has 1 saturated carbocycles. The maximum absolute atomic E-state index is 11.2. The van der Waals surface area contributed by atoms with E-state index in [-0.39, 0.29) is 12.0 Å². The summed E-state index contributed by atoms with van der Waals surface area (Å²) in [6, 6.07) is 5.09. The largest absolute Gasteiger partial charge is 0.480 e. The molecule has 18 heavy (non-hydrogen) atoms. The van der Waals surface area contributed by atoms with Gasteiger partial charge < -0.3 is 5.11 Å². The Morgan fingerprint density at radius 3 is 2.72 bits per heavy atom. The summed E-state index contributed by atoms with van der Waals surface area (Å²) in [7, 11) is 0. The maximum atomic E-state index is 11.2. The van der Waals surface area contributed by atoms with Gasteiger partial charge in [-0.25, -0.2) is 0 Å². The lowest BCUT2D eigenvalue weighted by atomic mass is 10.1. The minimum Gasteiger partial charge on any atom is -0.480 e. The highest BCUT2D eigenvalue weighted by Gasteiger charge is 2.37. The van der Waals surface area contributed by atoms with E-state index in [0.717, 1.165) is 22.9 Å². The minimum absolute atomic E-state index is 0.0766. The van der Waals surface area contributed by atoms with Gasteiger partial charge in [-0.2, -0.15) is 0 Å². The molecule has 1 aromatic carbocycles. The van der Waals surface area contributed by atoms with E-state index in [2.05, 4.69) is 21.2 Å². The molecule has 5 heteroatoms. The van der Waals surface area contributed by atoms with Crippen LogP contribution in [0.15, 0.2) is 22.7 Å². The van der Waals surface area contributed by atoms with Gasteiger partial charge in [-0.1, -0.05) is 33.6 Å². The number of carbonyl (C=O) groups is 1. The summed E-state index contributed by atoms with van der Waals surface area (Å²) in [6.07, 6.45) is 1.98. The van der Waals surface area contributed by atoms with Crippen molar-refractivity contribution >= 4 is 33.5 Å². The molecule has 2 unspecified atom stereocenters. The smallest absolute Gasteiger partial charge is 0.320 e. The van der Waals surface area contributed by atoms with Gasteiger partial charge in [0, 0.05) is 15.5 Å². The zero-order chi connectivity index (χ0) is 13.3. The second kappa shape index (κ2) is 5.59. The lowest BCUT2D eigenvalue weighted by Crippen LogP contribution is -2.40. The van der Waals surface area contributed by atoms with Gasteiger partial charge in [0.25, 0.3) is 0 Å². The average molecular weight is 333 g/mol. The molecule has 2 atom stereocenters. The van der Waals surface area contributed by atoms with Gasteiger partial charge in [0.15, 0.2) is 0 Å². The van der Waals surface area contributed by atoms with Gasteiger partial charge >= 0.3 is 5.97 Å². The molecule has 0 bridgehead atoms. The molecule has 0 radical (unpaired) electrons. The lowest BCUT2D eigenvalue weighted by Gasteiger charge is -2.21. The number of nitrogens with one attached hydrogen (secondary N) is 1. The molecule has 2 N–H and O–H groups in total. The number of aliphatic carboxylic acids is 1. The van der Waals surface area contributed by atoms with Crippen molar-refractivity contribution in [3.63, 3.8) is 0 Å². The van der Waals surface area contributed by atoms with Crippen LogP contribution in [-0.4, -0.2) is 17.1 Å². The van der Waals surface area contributed by atoms with Gasteiger partial charge in [-0.05, 0) is 43.4 Å². The molecule has 1 aliphatic carbocycles. The number of carboxylic acids is 1. The van der Waals surface area contributed by atoms with Crippen molar-refractivity contribution in [3.05, 3.63) is 33.3 Å². The zero-order valence-corrected chi connectivity index (χ0v) is 12.3. The van der Waals surface area contributed by atoms with Crippen LogP contribution < -0.4 is 5.32 Å². The summed E-state index contributed by atoms with van der Waals surface area (Å²) in [5.41, 5.74) is 0.923. The Bertz CT molecular complexity index is 462. The van der Waals surface area contributed by atoms with Crippen molar-refractivity contribution in [1.29, 1.82) is 0 Å². The van der Waals surface area contributed by atoms with Gasteiger partial charge in [-0.15, -0.1) is 0 Å². The predicted octanol–water partition coefficient (Wildman–Crippen LogP) is 3.62. The van der Waals surface area contributed by atoms with Crippen molar-refractivity contribution in [2.24, 2.45) is 5.92 Å². The molecule has 0 saturated heterocycles. The number of hydrogen-bond donors (Lipinski definition) is 2. The summed E-state index contributed by atoms with van der Waals surface area (Å²) in [6.45, 7) is 1.94. The zero-order valence-electron chi connectivity index (χ0n) is 9.99. The highest BCUT2D eigenvalue weighted by molar-refractivity contribution is 9.10. The van der Waals surface area contributed by atoms with Crippen LogP contribution in [0.4, 0.5) is 0 Å². The van der Waals surface area contributed by atoms with E-state index in [1.807, 2.05) is 25.1 Å². The standard InChI is InChI=1S/C13H15BrClNO2/c1-7(10-5-4-9(14)6-11(10)15)16-12(13(17)18)8-2-3-8/h4-8,12,16H,2-3H2,1H3,(H,17,18). The van der Waals surface area contributed by atoms with E-state index < -0.39 is 12.0 Å². The van der Waals surface area contributed by atoms with Crippen molar-refractivity contribution in [3.8, 4) is 0 Å². The van der Waals surface area contributed by atoms with E-state index in [1.54, 1.807) is 0 Å². The SMILES string of the molecule is CC(NC(C(=O)O)C1CC1)c1ccc(Br)cc1Cl. The van der Waals surface area contributed by atoms with Crippen LogP contribution in [0.1, 0.15) is 31.4 Å². The fourth-order valence-corrected chi connectivity index (χ4v) is 2.89. The summed E-state index contributed by atoms with van der Waals surface area (Å²) in [5, 5.41) is 13.0. The Morgan fingerprint density at radius 1 is 1.56 bits per heavy atom. The number of halogens is 2. The molecule has 98 valence electrons. The Kier molecular flexibility index (Phi) is 4.30. The minimum atomic E-state index is -0.780. The number of rotatable bonds is 5. The molecule has 3 nitrogen and oxygen atoms in total. The van der Waals surface area contributed by atoms with E-state index in [9.17, 15) is 9.90 Å². The molecule has 1 aliphatic rings. The van der Waals surface area contributed by atoms with Gasteiger partial charge in [0.1, 0.15) is 6.04 Å². The molecule has 2 rings (SSSR count). The third-order valence-corrected chi connectivity index (χ3v) is 4.04. The van der Waals surface area contributed by atoms with E-state index in [4.69, 9.17) is 11.6 Å². The molecule has 1 aromatic rings. The summed E-state index contributed by atoms with van der Waals surface area (Å²) in [4.78, 5) is 11.2. The molecule has 1 fully saturated rings. The fraction of sp³-hybridized carbons (Fsp3) is 0.462. The van der Waals surface area contributed by atoms with Crippen LogP contribution in [0.5, 0.6) is 0 Å². The van der Waals surface area contributed by atoms with E-state index in [1.165, 1.54) is 0 Å². The van der Waals surface area contributed by atoms with Crippen molar-refractivity contribution in [2.45, 2.75) is 31.8 Å². The van der Waals surface area contributed by atoms with Crippen LogP contribution in [0.3, 0.4) is 0 Å². The predicted molar refractivity (Wildman–Crippen MR) is 74.9 cm³/mol. The van der Waals surface area contributed by atoms with Crippen LogP contribution in [0.25, 0.3) is 0 Å². The third kappa shape index (κ3) is 3.25. The highest BCUT2D eigenvalue weighted by Crippen LogP contribution is 2.34. The molecule has 0 aliphatic heterocycles. The first kappa shape index (κ1) is 13.8. The van der Waals surface area contributed by atoms with Crippen LogP contribution in [-0.2, 0) is 4.79 Å². The van der Waals surface area contributed by atoms with Crippen LogP contribution in [0.2, 0.25) is 5.02 Å². The molecule has 0 amide bonds. The first-order valence-corrected chi connectivity index (χ1v) is 7.10. The van der Waals surface area contributed by atoms with Gasteiger partial charge in [0.2, 0.25) is 0 Å². The fourth-order valence-electron chi connectivity index (χ4n) is 2.05. The molecular weight excluding hydrogens is 318 g/mol. The molecule has 0 heterocycles. The summed E-state index contributed by atoms with van der Waals surface area (Å²) < 4.78 is 0.917.